The molecule has 19 heavy (non-hydrogen) atoms. The Morgan fingerprint density at radius 3 is 2.47 bits per heavy atom. The molecule has 3 N–H and O–H groups in total. The molecule has 0 aliphatic rings. The highest BCUT2D eigenvalue weighted by Crippen LogP contribution is 2.19. The number of rotatable bonds is 7. The van der Waals surface area contributed by atoms with Crippen LogP contribution in [-0.4, -0.2) is 53.9 Å². The molecule has 0 aromatic heterocycles. The first-order chi connectivity index (χ1) is 9.06. The molecule has 0 saturated heterocycles. The van der Waals surface area contributed by atoms with E-state index >= 15 is 0 Å². The van der Waals surface area contributed by atoms with E-state index in [1.807, 2.05) is 25.1 Å². The number of halogens is 1. The third-order valence-corrected chi connectivity index (χ3v) is 3.53. The van der Waals surface area contributed by atoms with Gasteiger partial charge in [0.25, 0.3) is 0 Å². The molecule has 1 amide bonds. The lowest BCUT2D eigenvalue weighted by Gasteiger charge is -2.19. The number of nitrogens with one attached hydrogen (secondary N) is 1. The van der Waals surface area contributed by atoms with E-state index in [4.69, 9.17) is 10.2 Å². The summed E-state index contributed by atoms with van der Waals surface area (Å²) in [5, 5.41) is 20.5. The van der Waals surface area contributed by atoms with E-state index in [1.165, 1.54) is 0 Å². The Morgan fingerprint density at radius 1 is 1.32 bits per heavy atom. The molecule has 106 valence electrons. The molecule has 0 bridgehead atoms. The van der Waals surface area contributed by atoms with Crippen LogP contribution in [0.25, 0.3) is 0 Å². The van der Waals surface area contributed by atoms with Gasteiger partial charge in [-0.05, 0) is 30.7 Å². The lowest BCUT2D eigenvalue weighted by atomic mass is 10.2. The Morgan fingerprint density at radius 2 is 1.95 bits per heavy atom. The summed E-state index contributed by atoms with van der Waals surface area (Å²) in [6, 6.07) is 5.58. The largest absolute Gasteiger partial charge is 0.395 e. The fraction of sp³-hybridized carbons (Fsp3) is 0.462. The molecule has 0 fully saturated rings. The predicted molar refractivity (Wildman–Crippen MR) is 78.1 cm³/mol. The highest BCUT2D eigenvalue weighted by molar-refractivity contribution is 9.10. The van der Waals surface area contributed by atoms with Gasteiger partial charge in [-0.15, -0.1) is 0 Å². The molecule has 0 unspecified atom stereocenters. The Hall–Kier alpha value is -0.950. The van der Waals surface area contributed by atoms with E-state index in [1.54, 1.807) is 4.90 Å². The molecule has 1 aromatic carbocycles. The van der Waals surface area contributed by atoms with Gasteiger partial charge in [0.2, 0.25) is 5.91 Å². The first-order valence-corrected chi connectivity index (χ1v) is 6.86. The van der Waals surface area contributed by atoms with Crippen LogP contribution in [0, 0.1) is 6.92 Å². The number of aliphatic hydroxyl groups is 2. The average Bonchev–Trinajstić information content (AvgIpc) is 2.34. The van der Waals surface area contributed by atoms with Crippen molar-refractivity contribution in [2.75, 3.05) is 38.2 Å². The summed E-state index contributed by atoms with van der Waals surface area (Å²) >= 11 is 3.40. The summed E-state index contributed by atoms with van der Waals surface area (Å²) in [7, 11) is 0. The quantitative estimate of drug-likeness (QED) is 0.697. The number of carbonyl (C=O) groups excluding carboxylic acids is 1. The molecule has 0 radical (unpaired) electrons. The fourth-order valence-electron chi connectivity index (χ4n) is 1.68. The molecule has 0 atom stereocenters. The van der Waals surface area contributed by atoms with E-state index in [0.29, 0.717) is 13.1 Å². The normalized spacial score (nSPS) is 10.8. The minimum atomic E-state index is -0.163. The van der Waals surface area contributed by atoms with Gasteiger partial charge in [0.1, 0.15) is 0 Å². The van der Waals surface area contributed by atoms with Crippen molar-refractivity contribution < 1.29 is 15.0 Å². The first kappa shape index (κ1) is 16.1. The van der Waals surface area contributed by atoms with Crippen molar-refractivity contribution in [3.8, 4) is 0 Å². The SMILES string of the molecule is Cc1cc(NC(=O)CN(CCO)CCO)ccc1Br. The van der Waals surface area contributed by atoms with Gasteiger partial charge in [-0.25, -0.2) is 0 Å². The molecule has 0 spiro atoms. The van der Waals surface area contributed by atoms with Crippen LogP contribution in [0.4, 0.5) is 5.69 Å². The predicted octanol–water partition coefficient (Wildman–Crippen LogP) is 0.983. The van der Waals surface area contributed by atoms with Gasteiger partial charge >= 0.3 is 0 Å². The second-order valence-corrected chi connectivity index (χ2v) is 5.09. The molecule has 6 heteroatoms. The van der Waals surface area contributed by atoms with Crippen LogP contribution in [0.5, 0.6) is 0 Å². The van der Waals surface area contributed by atoms with Crippen molar-refractivity contribution in [2.24, 2.45) is 0 Å². The van der Waals surface area contributed by atoms with Gasteiger partial charge in [-0.3, -0.25) is 9.69 Å². The highest BCUT2D eigenvalue weighted by atomic mass is 79.9. The van der Waals surface area contributed by atoms with Crippen LogP contribution in [0.15, 0.2) is 22.7 Å². The number of hydrogen-bond acceptors (Lipinski definition) is 4. The summed E-state index contributed by atoms with van der Waals surface area (Å²) in [5.41, 5.74) is 1.78. The minimum absolute atomic E-state index is 0.0370. The van der Waals surface area contributed by atoms with Gasteiger partial charge in [0.05, 0.1) is 19.8 Å². The van der Waals surface area contributed by atoms with E-state index in [9.17, 15) is 4.79 Å². The standard InChI is InChI=1S/C13H19BrN2O3/c1-10-8-11(2-3-12(10)14)15-13(19)9-16(4-6-17)5-7-18/h2-3,8,17-18H,4-7,9H2,1H3,(H,15,19). The van der Waals surface area contributed by atoms with Crippen molar-refractivity contribution in [1.29, 1.82) is 0 Å². The van der Waals surface area contributed by atoms with E-state index < -0.39 is 0 Å². The highest BCUT2D eigenvalue weighted by Gasteiger charge is 2.10. The van der Waals surface area contributed by atoms with E-state index in [2.05, 4.69) is 21.2 Å². The van der Waals surface area contributed by atoms with E-state index in [-0.39, 0.29) is 25.7 Å². The number of anilines is 1. The fourth-order valence-corrected chi connectivity index (χ4v) is 1.93. The Balaban J connectivity index is 2.55. The molecule has 0 aliphatic carbocycles. The molecule has 1 aromatic rings. The second-order valence-electron chi connectivity index (χ2n) is 4.24. The van der Waals surface area contributed by atoms with Gasteiger partial charge in [0.15, 0.2) is 0 Å². The van der Waals surface area contributed by atoms with Crippen molar-refractivity contribution >= 4 is 27.5 Å². The number of aryl methyl sites for hydroxylation is 1. The van der Waals surface area contributed by atoms with Gasteiger partial charge in [0, 0.05) is 23.2 Å². The molecule has 0 aliphatic heterocycles. The Labute approximate surface area is 121 Å². The molecular formula is C13H19BrN2O3. The number of aliphatic hydroxyl groups excluding tert-OH is 2. The Bertz CT molecular complexity index is 420. The maximum absolute atomic E-state index is 11.8. The van der Waals surface area contributed by atoms with Crippen molar-refractivity contribution in [2.45, 2.75) is 6.92 Å². The monoisotopic (exact) mass is 330 g/mol. The summed E-state index contributed by atoms with van der Waals surface area (Å²) in [6.45, 7) is 2.76. The lowest BCUT2D eigenvalue weighted by molar-refractivity contribution is -0.117. The minimum Gasteiger partial charge on any atom is -0.395 e. The summed E-state index contributed by atoms with van der Waals surface area (Å²) in [6.07, 6.45) is 0. The van der Waals surface area contributed by atoms with Crippen LogP contribution in [-0.2, 0) is 4.79 Å². The molecule has 0 heterocycles. The first-order valence-electron chi connectivity index (χ1n) is 6.07. The zero-order valence-corrected chi connectivity index (χ0v) is 12.5. The van der Waals surface area contributed by atoms with Crippen LogP contribution in [0.2, 0.25) is 0 Å². The summed E-state index contributed by atoms with van der Waals surface area (Å²) in [4.78, 5) is 13.5. The van der Waals surface area contributed by atoms with Crippen molar-refractivity contribution in [3.63, 3.8) is 0 Å². The van der Waals surface area contributed by atoms with Crippen molar-refractivity contribution in [3.05, 3.63) is 28.2 Å². The van der Waals surface area contributed by atoms with Crippen molar-refractivity contribution in [1.82, 2.24) is 4.90 Å². The molecule has 0 saturated carbocycles. The van der Waals surface area contributed by atoms with Gasteiger partial charge in [-0.1, -0.05) is 15.9 Å². The van der Waals surface area contributed by atoms with Crippen LogP contribution in [0.1, 0.15) is 5.56 Å². The number of benzene rings is 1. The lowest BCUT2D eigenvalue weighted by Crippen LogP contribution is -2.37. The zero-order chi connectivity index (χ0) is 14.3. The number of amides is 1. The van der Waals surface area contributed by atoms with Gasteiger partial charge in [-0.2, -0.15) is 0 Å². The number of carbonyl (C=O) groups is 1. The zero-order valence-electron chi connectivity index (χ0n) is 10.9. The Kier molecular flexibility index (Phi) is 7.01. The number of hydrogen-bond donors (Lipinski definition) is 3. The average molecular weight is 331 g/mol. The maximum Gasteiger partial charge on any atom is 0.238 e. The smallest absolute Gasteiger partial charge is 0.238 e. The topological polar surface area (TPSA) is 72.8 Å². The molecule has 1 rings (SSSR count). The summed E-state index contributed by atoms with van der Waals surface area (Å²) < 4.78 is 0.993. The third-order valence-electron chi connectivity index (χ3n) is 2.64. The summed E-state index contributed by atoms with van der Waals surface area (Å²) in [5.74, 6) is -0.163. The van der Waals surface area contributed by atoms with Crippen LogP contribution < -0.4 is 5.32 Å². The van der Waals surface area contributed by atoms with E-state index in [0.717, 1.165) is 15.7 Å². The number of nitrogens with zero attached hydrogens (tertiary/aromatic N) is 1. The third kappa shape index (κ3) is 5.69. The van der Waals surface area contributed by atoms with Gasteiger partial charge < -0.3 is 15.5 Å². The second kappa shape index (κ2) is 8.27. The van der Waals surface area contributed by atoms with Crippen LogP contribution >= 0.6 is 15.9 Å². The maximum atomic E-state index is 11.8. The van der Waals surface area contributed by atoms with Crippen LogP contribution in [0.3, 0.4) is 0 Å². The molecular weight excluding hydrogens is 312 g/mol. The molecule has 5 nitrogen and oxygen atoms in total.